The lowest BCUT2D eigenvalue weighted by molar-refractivity contribution is -0.136. The van der Waals surface area contributed by atoms with E-state index in [9.17, 15) is 4.79 Å². The van der Waals surface area contributed by atoms with Gasteiger partial charge in [-0.15, -0.1) is 0 Å². The van der Waals surface area contributed by atoms with Crippen molar-refractivity contribution in [1.82, 2.24) is 4.90 Å². The van der Waals surface area contributed by atoms with Crippen molar-refractivity contribution in [2.45, 2.75) is 13.3 Å². The lowest BCUT2D eigenvalue weighted by Gasteiger charge is -2.20. The Kier molecular flexibility index (Phi) is 13.2. The zero-order valence-electron chi connectivity index (χ0n) is 12.4. The molecule has 0 aromatic carbocycles. The average molecular weight is 277 g/mol. The SMILES string of the molecule is CCN(CCCOCCOC)C(=O)COCCOC. The number of hydrogen-bond donors (Lipinski definition) is 0. The first-order valence-electron chi connectivity index (χ1n) is 6.67. The van der Waals surface area contributed by atoms with Crippen LogP contribution in [0.4, 0.5) is 0 Å². The molecule has 6 heteroatoms. The lowest BCUT2D eigenvalue weighted by Crippen LogP contribution is -2.35. The van der Waals surface area contributed by atoms with Crippen LogP contribution in [0.15, 0.2) is 0 Å². The van der Waals surface area contributed by atoms with E-state index in [4.69, 9.17) is 18.9 Å². The highest BCUT2D eigenvalue weighted by Gasteiger charge is 2.10. The van der Waals surface area contributed by atoms with Crippen molar-refractivity contribution in [3.63, 3.8) is 0 Å². The average Bonchev–Trinajstić information content (AvgIpc) is 2.42. The molecule has 19 heavy (non-hydrogen) atoms. The predicted octanol–water partition coefficient (Wildman–Crippen LogP) is 0.551. The molecule has 6 nitrogen and oxygen atoms in total. The number of nitrogens with zero attached hydrogens (tertiary/aromatic N) is 1. The second-order valence-corrected chi connectivity index (χ2v) is 3.98. The van der Waals surface area contributed by atoms with Crippen LogP contribution >= 0.6 is 0 Å². The zero-order chi connectivity index (χ0) is 14.3. The summed E-state index contributed by atoms with van der Waals surface area (Å²) in [5.41, 5.74) is 0. The minimum atomic E-state index is 0.00972. The van der Waals surface area contributed by atoms with Crippen LogP contribution in [-0.2, 0) is 23.7 Å². The number of methoxy groups -OCH3 is 2. The largest absolute Gasteiger partial charge is 0.382 e. The van der Waals surface area contributed by atoms with E-state index in [1.54, 1.807) is 19.1 Å². The third-order valence-corrected chi connectivity index (χ3v) is 2.54. The predicted molar refractivity (Wildman–Crippen MR) is 72.3 cm³/mol. The summed E-state index contributed by atoms with van der Waals surface area (Å²) in [5, 5.41) is 0. The second kappa shape index (κ2) is 13.7. The van der Waals surface area contributed by atoms with Crippen molar-refractivity contribution in [2.24, 2.45) is 0 Å². The van der Waals surface area contributed by atoms with Crippen molar-refractivity contribution >= 4 is 5.91 Å². The van der Waals surface area contributed by atoms with Gasteiger partial charge in [-0.3, -0.25) is 4.79 Å². The first-order valence-corrected chi connectivity index (χ1v) is 6.67. The molecule has 0 fully saturated rings. The van der Waals surface area contributed by atoms with Gasteiger partial charge in [-0.1, -0.05) is 0 Å². The number of likely N-dealkylation sites (N-methyl/N-ethyl adjacent to an activating group) is 1. The van der Waals surface area contributed by atoms with Gasteiger partial charge in [0.2, 0.25) is 5.91 Å². The van der Waals surface area contributed by atoms with E-state index in [0.717, 1.165) is 6.42 Å². The molecule has 0 aliphatic heterocycles. The molecule has 114 valence electrons. The van der Waals surface area contributed by atoms with Crippen molar-refractivity contribution in [1.29, 1.82) is 0 Å². The third kappa shape index (κ3) is 10.9. The third-order valence-electron chi connectivity index (χ3n) is 2.54. The summed E-state index contributed by atoms with van der Waals surface area (Å²) < 4.78 is 20.3. The van der Waals surface area contributed by atoms with Crippen LogP contribution in [0.25, 0.3) is 0 Å². The topological polar surface area (TPSA) is 57.2 Å². The van der Waals surface area contributed by atoms with Gasteiger partial charge >= 0.3 is 0 Å². The van der Waals surface area contributed by atoms with Crippen molar-refractivity contribution in [3.05, 3.63) is 0 Å². The molecule has 1 amide bonds. The summed E-state index contributed by atoms with van der Waals surface area (Å²) in [6.07, 6.45) is 0.821. The maximum absolute atomic E-state index is 11.8. The second-order valence-electron chi connectivity index (χ2n) is 3.98. The zero-order valence-corrected chi connectivity index (χ0v) is 12.4. The highest BCUT2D eigenvalue weighted by atomic mass is 16.5. The number of ether oxygens (including phenoxy) is 4. The van der Waals surface area contributed by atoms with Gasteiger partial charge in [0, 0.05) is 33.9 Å². The minimum Gasteiger partial charge on any atom is -0.382 e. The van der Waals surface area contributed by atoms with Crippen LogP contribution in [-0.4, -0.2) is 77.8 Å². The molecule has 0 aromatic rings. The smallest absolute Gasteiger partial charge is 0.248 e. The fourth-order valence-corrected chi connectivity index (χ4v) is 1.45. The van der Waals surface area contributed by atoms with Crippen LogP contribution in [0.2, 0.25) is 0 Å². The molecule has 0 atom stereocenters. The summed E-state index contributed by atoms with van der Waals surface area (Å²) in [6, 6.07) is 0. The molecule has 0 heterocycles. The summed E-state index contributed by atoms with van der Waals surface area (Å²) in [5.74, 6) is 0.00972. The Balaban J connectivity index is 3.59. The molecule has 0 N–H and O–H groups in total. The fourth-order valence-electron chi connectivity index (χ4n) is 1.45. The maximum Gasteiger partial charge on any atom is 0.248 e. The van der Waals surface area contributed by atoms with E-state index in [2.05, 4.69) is 0 Å². The van der Waals surface area contributed by atoms with E-state index < -0.39 is 0 Å². The molecule has 0 bridgehead atoms. The number of amides is 1. The van der Waals surface area contributed by atoms with Gasteiger partial charge < -0.3 is 23.8 Å². The molecule has 0 saturated heterocycles. The standard InChI is InChI=1S/C13H27NO5/c1-4-14(6-5-7-18-10-8-16-2)13(15)12-19-11-9-17-3/h4-12H2,1-3H3. The monoisotopic (exact) mass is 277 g/mol. The summed E-state index contributed by atoms with van der Waals surface area (Å²) >= 11 is 0. The molecule has 0 aliphatic carbocycles. The van der Waals surface area contributed by atoms with Crippen LogP contribution < -0.4 is 0 Å². The van der Waals surface area contributed by atoms with Crippen molar-refractivity contribution in [2.75, 3.05) is 67.0 Å². The summed E-state index contributed by atoms with van der Waals surface area (Å²) in [6.45, 7) is 6.23. The number of carbonyl (C=O) groups excluding carboxylic acids is 1. The van der Waals surface area contributed by atoms with Gasteiger partial charge in [-0.2, -0.15) is 0 Å². The van der Waals surface area contributed by atoms with Crippen LogP contribution in [0, 0.1) is 0 Å². The molecule has 0 saturated carbocycles. The Labute approximate surface area is 115 Å². The van der Waals surface area contributed by atoms with Gasteiger partial charge in [-0.05, 0) is 13.3 Å². The normalized spacial score (nSPS) is 10.7. The molecule has 0 aromatic heterocycles. The molecule has 0 rings (SSSR count). The van der Waals surface area contributed by atoms with Gasteiger partial charge in [0.1, 0.15) is 6.61 Å². The maximum atomic E-state index is 11.8. The number of rotatable bonds is 13. The Morgan fingerprint density at radius 3 is 2.16 bits per heavy atom. The highest BCUT2D eigenvalue weighted by Crippen LogP contribution is 1.95. The minimum absolute atomic E-state index is 0.00972. The first kappa shape index (κ1) is 18.3. The van der Waals surface area contributed by atoms with Gasteiger partial charge in [-0.25, -0.2) is 0 Å². The lowest BCUT2D eigenvalue weighted by atomic mass is 10.3. The van der Waals surface area contributed by atoms with Crippen LogP contribution in [0.1, 0.15) is 13.3 Å². The van der Waals surface area contributed by atoms with Crippen LogP contribution in [0.5, 0.6) is 0 Å². The first-order chi connectivity index (χ1) is 9.26. The van der Waals surface area contributed by atoms with Gasteiger partial charge in [0.15, 0.2) is 0 Å². The van der Waals surface area contributed by atoms with E-state index >= 15 is 0 Å². The molecule has 0 unspecified atom stereocenters. The van der Waals surface area contributed by atoms with Gasteiger partial charge in [0.05, 0.1) is 26.4 Å². The Morgan fingerprint density at radius 2 is 1.58 bits per heavy atom. The molecular weight excluding hydrogens is 250 g/mol. The Hall–Kier alpha value is -0.690. The van der Waals surface area contributed by atoms with Crippen LogP contribution in [0.3, 0.4) is 0 Å². The molecule has 0 spiro atoms. The highest BCUT2D eigenvalue weighted by molar-refractivity contribution is 5.77. The Bertz CT molecular complexity index is 213. The molecule has 0 radical (unpaired) electrons. The van der Waals surface area contributed by atoms with Gasteiger partial charge in [0.25, 0.3) is 0 Å². The summed E-state index contributed by atoms with van der Waals surface area (Å²) in [4.78, 5) is 13.6. The van der Waals surface area contributed by atoms with Crippen molar-refractivity contribution in [3.8, 4) is 0 Å². The Morgan fingerprint density at radius 1 is 0.947 bits per heavy atom. The van der Waals surface area contributed by atoms with E-state index in [1.807, 2.05) is 6.92 Å². The van der Waals surface area contributed by atoms with E-state index in [-0.39, 0.29) is 12.5 Å². The van der Waals surface area contributed by atoms with E-state index in [0.29, 0.717) is 46.1 Å². The molecule has 0 aliphatic rings. The fraction of sp³-hybridized carbons (Fsp3) is 0.923. The molecular formula is C13H27NO5. The number of hydrogen-bond acceptors (Lipinski definition) is 5. The van der Waals surface area contributed by atoms with Crippen molar-refractivity contribution < 1.29 is 23.7 Å². The van der Waals surface area contributed by atoms with E-state index in [1.165, 1.54) is 0 Å². The summed E-state index contributed by atoms with van der Waals surface area (Å²) in [7, 11) is 3.25. The number of carbonyl (C=O) groups is 1. The quantitative estimate of drug-likeness (QED) is 0.460.